The van der Waals surface area contributed by atoms with Gasteiger partial charge in [-0.25, -0.2) is 9.07 Å². The zero-order valence-electron chi connectivity index (χ0n) is 15.2. The molecule has 0 saturated carbocycles. The normalized spacial score (nSPS) is 21.1. The van der Waals surface area contributed by atoms with Crippen LogP contribution in [0.3, 0.4) is 0 Å². The molecule has 1 amide bonds. The second-order valence-electron chi connectivity index (χ2n) is 7.18. The van der Waals surface area contributed by atoms with Crippen LogP contribution in [0.1, 0.15) is 28.5 Å². The van der Waals surface area contributed by atoms with Crippen LogP contribution >= 0.6 is 0 Å². The van der Waals surface area contributed by atoms with Gasteiger partial charge in [-0.15, -0.1) is 5.10 Å². The maximum Gasteiger partial charge on any atom is 0.253 e. The molecule has 7 heteroatoms. The van der Waals surface area contributed by atoms with E-state index in [4.69, 9.17) is 4.74 Å². The fraction of sp³-hybridized carbons (Fsp3) is 0.286. The van der Waals surface area contributed by atoms with Crippen molar-refractivity contribution in [2.45, 2.75) is 25.2 Å². The Bertz CT molecular complexity index is 1020. The minimum Gasteiger partial charge on any atom is -0.370 e. The van der Waals surface area contributed by atoms with Crippen LogP contribution in [0.5, 0.6) is 0 Å². The summed E-state index contributed by atoms with van der Waals surface area (Å²) in [5.74, 6) is -0.310. The molecule has 2 atom stereocenters. The van der Waals surface area contributed by atoms with Gasteiger partial charge in [0.1, 0.15) is 5.82 Å². The molecule has 0 bridgehead atoms. The summed E-state index contributed by atoms with van der Waals surface area (Å²) in [5, 5.41) is 8.14. The Morgan fingerprint density at radius 1 is 1.14 bits per heavy atom. The Labute approximate surface area is 161 Å². The van der Waals surface area contributed by atoms with E-state index < -0.39 is 0 Å². The van der Waals surface area contributed by atoms with Crippen molar-refractivity contribution in [2.24, 2.45) is 0 Å². The Hall–Kier alpha value is -3.06. The standard InChI is InChI=1S/C21H19FN4O2/c22-18-4-2-1-3-17(18)14-5-7-15(8-6-14)21(27)25-10-9-20-19(12-25)26-16(13-28-20)11-23-24-26/h1-8,11,19-20H,9-10,12-13H2/t19-,20+/m0/s1. The smallest absolute Gasteiger partial charge is 0.253 e. The van der Waals surface area contributed by atoms with Gasteiger partial charge in [-0.3, -0.25) is 4.79 Å². The molecule has 6 nitrogen and oxygen atoms in total. The van der Waals surface area contributed by atoms with Crippen molar-refractivity contribution in [3.8, 4) is 11.1 Å². The molecule has 0 radical (unpaired) electrons. The fourth-order valence-electron chi connectivity index (χ4n) is 4.03. The van der Waals surface area contributed by atoms with Gasteiger partial charge in [-0.1, -0.05) is 35.5 Å². The number of nitrogens with zero attached hydrogens (tertiary/aromatic N) is 4. The van der Waals surface area contributed by atoms with E-state index in [0.717, 1.165) is 17.7 Å². The molecule has 2 aliphatic rings. The first-order chi connectivity index (χ1) is 13.7. The lowest BCUT2D eigenvalue weighted by atomic mass is 9.99. The average molecular weight is 378 g/mol. The number of piperidine rings is 1. The largest absolute Gasteiger partial charge is 0.370 e. The van der Waals surface area contributed by atoms with Gasteiger partial charge in [-0.2, -0.15) is 0 Å². The molecule has 5 rings (SSSR count). The van der Waals surface area contributed by atoms with Gasteiger partial charge in [0.05, 0.1) is 30.6 Å². The van der Waals surface area contributed by atoms with Crippen molar-refractivity contribution in [3.05, 3.63) is 71.8 Å². The van der Waals surface area contributed by atoms with E-state index in [1.54, 1.807) is 48.7 Å². The quantitative estimate of drug-likeness (QED) is 0.688. The molecule has 1 fully saturated rings. The van der Waals surface area contributed by atoms with Gasteiger partial charge < -0.3 is 9.64 Å². The number of halogens is 1. The van der Waals surface area contributed by atoms with E-state index >= 15 is 0 Å². The summed E-state index contributed by atoms with van der Waals surface area (Å²) in [7, 11) is 0. The highest BCUT2D eigenvalue weighted by atomic mass is 19.1. The van der Waals surface area contributed by atoms with E-state index in [1.165, 1.54) is 6.07 Å². The Morgan fingerprint density at radius 2 is 1.96 bits per heavy atom. The summed E-state index contributed by atoms with van der Waals surface area (Å²) in [6, 6.07) is 13.7. The van der Waals surface area contributed by atoms with Gasteiger partial charge in [0.15, 0.2) is 0 Å². The first kappa shape index (κ1) is 17.1. The maximum atomic E-state index is 14.0. The lowest BCUT2D eigenvalue weighted by Gasteiger charge is -2.41. The molecular formula is C21H19FN4O2. The van der Waals surface area contributed by atoms with E-state index in [0.29, 0.717) is 30.8 Å². The molecule has 28 heavy (non-hydrogen) atoms. The van der Waals surface area contributed by atoms with Gasteiger partial charge in [0.2, 0.25) is 0 Å². The van der Waals surface area contributed by atoms with E-state index in [-0.39, 0.29) is 23.9 Å². The molecule has 0 N–H and O–H groups in total. The van der Waals surface area contributed by atoms with Crippen LogP contribution in [0.2, 0.25) is 0 Å². The highest BCUT2D eigenvalue weighted by Crippen LogP contribution is 2.31. The molecule has 2 aromatic carbocycles. The van der Waals surface area contributed by atoms with Crippen molar-refractivity contribution >= 4 is 5.91 Å². The Kier molecular flexibility index (Phi) is 4.16. The minimum absolute atomic E-state index is 0.0124. The summed E-state index contributed by atoms with van der Waals surface area (Å²) in [4.78, 5) is 14.8. The zero-order chi connectivity index (χ0) is 19.1. The number of carbonyl (C=O) groups is 1. The highest BCUT2D eigenvalue weighted by molar-refractivity contribution is 5.94. The highest BCUT2D eigenvalue weighted by Gasteiger charge is 2.38. The van der Waals surface area contributed by atoms with Crippen LogP contribution in [-0.2, 0) is 11.3 Å². The number of benzene rings is 2. The van der Waals surface area contributed by atoms with E-state index in [9.17, 15) is 9.18 Å². The second kappa shape index (κ2) is 6.83. The molecule has 1 aromatic heterocycles. The monoisotopic (exact) mass is 378 g/mol. The second-order valence-corrected chi connectivity index (χ2v) is 7.18. The van der Waals surface area contributed by atoms with Gasteiger partial charge in [-0.05, 0) is 30.2 Å². The molecule has 0 unspecified atom stereocenters. The maximum absolute atomic E-state index is 14.0. The average Bonchev–Trinajstić information content (AvgIpc) is 3.23. The topological polar surface area (TPSA) is 60.3 Å². The van der Waals surface area contributed by atoms with Crippen LogP contribution < -0.4 is 0 Å². The number of rotatable bonds is 2. The first-order valence-corrected chi connectivity index (χ1v) is 9.35. The Balaban J connectivity index is 1.35. The number of amides is 1. The van der Waals surface area contributed by atoms with Crippen LogP contribution in [-0.4, -0.2) is 45.0 Å². The van der Waals surface area contributed by atoms with Crippen molar-refractivity contribution < 1.29 is 13.9 Å². The Morgan fingerprint density at radius 3 is 2.79 bits per heavy atom. The number of hydrogen-bond donors (Lipinski definition) is 0. The molecule has 0 aliphatic carbocycles. The number of likely N-dealkylation sites (tertiary alicyclic amines) is 1. The number of fused-ring (bicyclic) bond motifs is 3. The predicted octanol–water partition coefficient (Wildman–Crippen LogP) is 3.07. The summed E-state index contributed by atoms with van der Waals surface area (Å²) >= 11 is 0. The molecular weight excluding hydrogens is 359 g/mol. The summed E-state index contributed by atoms with van der Waals surface area (Å²) in [6.45, 7) is 1.69. The first-order valence-electron chi connectivity index (χ1n) is 9.35. The van der Waals surface area contributed by atoms with Crippen LogP contribution in [0.4, 0.5) is 4.39 Å². The third kappa shape index (κ3) is 2.88. The zero-order valence-corrected chi connectivity index (χ0v) is 15.2. The van der Waals surface area contributed by atoms with Gasteiger partial charge in [0.25, 0.3) is 5.91 Å². The summed E-state index contributed by atoms with van der Waals surface area (Å²) in [5.41, 5.74) is 2.81. The van der Waals surface area contributed by atoms with E-state index in [1.807, 2.05) is 9.58 Å². The van der Waals surface area contributed by atoms with Crippen molar-refractivity contribution in [1.82, 2.24) is 19.9 Å². The van der Waals surface area contributed by atoms with Crippen LogP contribution in [0, 0.1) is 5.82 Å². The third-order valence-electron chi connectivity index (χ3n) is 5.53. The molecule has 3 aromatic rings. The molecule has 3 heterocycles. The molecule has 2 aliphatic heterocycles. The number of hydrogen-bond acceptors (Lipinski definition) is 4. The predicted molar refractivity (Wildman–Crippen MR) is 100.0 cm³/mol. The minimum atomic E-state index is -0.274. The summed E-state index contributed by atoms with van der Waals surface area (Å²) < 4.78 is 21.8. The fourth-order valence-corrected chi connectivity index (χ4v) is 4.03. The summed E-state index contributed by atoms with van der Waals surface area (Å²) in [6.07, 6.45) is 2.53. The SMILES string of the molecule is O=C(c1ccc(-c2ccccc2F)cc1)N1CC[C@H]2OCc3cnnn3[C@H]2C1. The molecule has 0 spiro atoms. The lowest BCUT2D eigenvalue weighted by molar-refractivity contribution is -0.0605. The molecule has 142 valence electrons. The van der Waals surface area contributed by atoms with E-state index in [2.05, 4.69) is 10.3 Å². The van der Waals surface area contributed by atoms with Crippen molar-refractivity contribution in [2.75, 3.05) is 13.1 Å². The van der Waals surface area contributed by atoms with Crippen molar-refractivity contribution in [1.29, 1.82) is 0 Å². The van der Waals surface area contributed by atoms with Crippen LogP contribution in [0.15, 0.2) is 54.7 Å². The lowest BCUT2D eigenvalue weighted by Crippen LogP contribution is -2.49. The van der Waals surface area contributed by atoms with Gasteiger partial charge in [0, 0.05) is 24.2 Å². The van der Waals surface area contributed by atoms with Gasteiger partial charge >= 0.3 is 0 Å². The number of aromatic nitrogens is 3. The molecule has 1 saturated heterocycles. The third-order valence-corrected chi connectivity index (χ3v) is 5.53. The van der Waals surface area contributed by atoms with Crippen LogP contribution in [0.25, 0.3) is 11.1 Å². The van der Waals surface area contributed by atoms with Crippen molar-refractivity contribution in [3.63, 3.8) is 0 Å². The number of carbonyl (C=O) groups excluding carboxylic acids is 1. The number of ether oxygens (including phenoxy) is 1.